The zero-order valence-electron chi connectivity index (χ0n) is 7.99. The fourth-order valence-corrected chi connectivity index (χ4v) is 1.42. The number of carboxylic acids is 1. The normalized spacial score (nSPS) is 13.4. The van der Waals surface area contributed by atoms with Crippen LogP contribution in [0.1, 0.15) is 21.7 Å². The van der Waals surface area contributed by atoms with Crippen molar-refractivity contribution in [2.75, 3.05) is 0 Å². The Morgan fingerprint density at radius 3 is 2.69 bits per heavy atom. The van der Waals surface area contributed by atoms with Gasteiger partial charge in [0.25, 0.3) is 0 Å². The van der Waals surface area contributed by atoms with Gasteiger partial charge in [-0.2, -0.15) is 0 Å². The van der Waals surface area contributed by atoms with Crippen molar-refractivity contribution in [2.24, 2.45) is 0 Å². The Morgan fingerprint density at radius 1 is 1.31 bits per heavy atom. The summed E-state index contributed by atoms with van der Waals surface area (Å²) in [5.41, 5.74) is 0.574. The van der Waals surface area contributed by atoms with Gasteiger partial charge in [-0.15, -0.1) is 0 Å². The lowest BCUT2D eigenvalue weighted by Crippen LogP contribution is -2.27. The van der Waals surface area contributed by atoms with E-state index in [0.717, 1.165) is 11.2 Å². The van der Waals surface area contributed by atoms with Crippen LogP contribution < -0.4 is 0 Å². The number of carbonyl (C=O) groups is 2. The summed E-state index contributed by atoms with van der Waals surface area (Å²) in [6.45, 7) is -0.0519. The summed E-state index contributed by atoms with van der Waals surface area (Å²) < 4.78 is 0. The summed E-state index contributed by atoms with van der Waals surface area (Å²) in [5.74, 6) is -1.20. The summed E-state index contributed by atoms with van der Waals surface area (Å²) in [5, 5.41) is 17.7. The quantitative estimate of drug-likeness (QED) is 0.721. The third kappa shape index (κ3) is 1.58. The lowest BCUT2D eigenvalue weighted by molar-refractivity contribution is 0.0687. The minimum Gasteiger partial charge on any atom is -0.476 e. The van der Waals surface area contributed by atoms with Gasteiger partial charge in [-0.1, -0.05) is 0 Å². The minimum atomic E-state index is -1.20. The number of fused-ring (bicyclic) bond motifs is 1. The molecule has 1 aromatic rings. The third-order valence-electron chi connectivity index (χ3n) is 2.17. The molecule has 0 aromatic carbocycles. The monoisotopic (exact) mass is 221 g/mol. The van der Waals surface area contributed by atoms with Gasteiger partial charge in [0.15, 0.2) is 5.69 Å². The first kappa shape index (κ1) is 10.1. The molecule has 16 heavy (non-hydrogen) atoms. The third-order valence-corrected chi connectivity index (χ3v) is 2.17. The van der Waals surface area contributed by atoms with Gasteiger partial charge in [0.1, 0.15) is 6.33 Å². The van der Waals surface area contributed by atoms with Crippen molar-refractivity contribution >= 4 is 18.1 Å². The molecule has 2 N–H and O–H groups in total. The SMILES string of the molecule is O=C(O)c1ncnc2c1CN(C(=O)O)C=C2. The van der Waals surface area contributed by atoms with E-state index in [1.54, 1.807) is 0 Å². The minimum absolute atomic E-state index is 0.0519. The highest BCUT2D eigenvalue weighted by molar-refractivity contribution is 5.88. The first-order chi connectivity index (χ1) is 7.59. The summed E-state index contributed by atoms with van der Waals surface area (Å²) in [6, 6.07) is 0. The van der Waals surface area contributed by atoms with Crippen molar-refractivity contribution in [1.29, 1.82) is 0 Å². The Labute approximate surface area is 89.7 Å². The van der Waals surface area contributed by atoms with E-state index in [1.807, 2.05) is 0 Å². The maximum Gasteiger partial charge on any atom is 0.411 e. The zero-order chi connectivity index (χ0) is 11.7. The van der Waals surface area contributed by atoms with Crippen LogP contribution in [0.2, 0.25) is 0 Å². The Bertz CT molecular complexity index is 498. The van der Waals surface area contributed by atoms with Crippen molar-refractivity contribution in [1.82, 2.24) is 14.9 Å². The number of hydrogen-bond acceptors (Lipinski definition) is 4. The molecule has 82 valence electrons. The molecule has 0 bridgehead atoms. The molecule has 0 atom stereocenters. The summed E-state index contributed by atoms with van der Waals surface area (Å²) in [7, 11) is 0. The molecule has 0 spiro atoms. The number of carboxylic acid groups (broad SMARTS) is 2. The van der Waals surface area contributed by atoms with Crippen LogP contribution in [-0.4, -0.2) is 37.1 Å². The summed E-state index contributed by atoms with van der Waals surface area (Å²) in [6.07, 6.45) is 2.77. The topological polar surface area (TPSA) is 104 Å². The van der Waals surface area contributed by atoms with E-state index in [0.29, 0.717) is 11.3 Å². The van der Waals surface area contributed by atoms with Crippen LogP contribution >= 0.6 is 0 Å². The van der Waals surface area contributed by atoms with E-state index in [4.69, 9.17) is 10.2 Å². The molecular weight excluding hydrogens is 214 g/mol. The Kier molecular flexibility index (Phi) is 2.28. The number of aromatic carboxylic acids is 1. The van der Waals surface area contributed by atoms with Gasteiger partial charge in [0.05, 0.1) is 12.2 Å². The second-order valence-corrected chi connectivity index (χ2v) is 3.12. The first-order valence-corrected chi connectivity index (χ1v) is 4.34. The van der Waals surface area contributed by atoms with Crippen molar-refractivity contribution in [3.05, 3.63) is 29.5 Å². The number of rotatable bonds is 1. The van der Waals surface area contributed by atoms with Crippen molar-refractivity contribution in [2.45, 2.75) is 6.54 Å². The van der Waals surface area contributed by atoms with Crippen molar-refractivity contribution in [3.63, 3.8) is 0 Å². The molecule has 0 fully saturated rings. The molecule has 0 unspecified atom stereocenters. The largest absolute Gasteiger partial charge is 0.476 e. The number of amides is 1. The van der Waals surface area contributed by atoms with Crippen LogP contribution in [0.3, 0.4) is 0 Å². The van der Waals surface area contributed by atoms with Gasteiger partial charge in [-0.3, -0.25) is 4.90 Å². The predicted octanol–water partition coefficient (Wildman–Crippen LogP) is 0.639. The van der Waals surface area contributed by atoms with Crippen LogP contribution in [0.5, 0.6) is 0 Å². The lowest BCUT2D eigenvalue weighted by atomic mass is 10.1. The van der Waals surface area contributed by atoms with E-state index in [-0.39, 0.29) is 12.2 Å². The van der Waals surface area contributed by atoms with Crippen LogP contribution in [0.4, 0.5) is 4.79 Å². The van der Waals surface area contributed by atoms with E-state index < -0.39 is 12.1 Å². The molecule has 1 aliphatic heterocycles. The highest BCUT2D eigenvalue weighted by atomic mass is 16.4. The second-order valence-electron chi connectivity index (χ2n) is 3.12. The van der Waals surface area contributed by atoms with Gasteiger partial charge >= 0.3 is 12.1 Å². The maximum atomic E-state index is 10.9. The molecule has 1 amide bonds. The Morgan fingerprint density at radius 2 is 2.06 bits per heavy atom. The average Bonchev–Trinajstić information content (AvgIpc) is 2.27. The first-order valence-electron chi connectivity index (χ1n) is 4.34. The smallest absolute Gasteiger partial charge is 0.411 e. The molecule has 0 saturated carbocycles. The van der Waals surface area contributed by atoms with Crippen molar-refractivity contribution < 1.29 is 19.8 Å². The van der Waals surface area contributed by atoms with Gasteiger partial charge in [-0.25, -0.2) is 19.6 Å². The van der Waals surface area contributed by atoms with Crippen LogP contribution in [0.25, 0.3) is 6.08 Å². The molecule has 1 aromatic heterocycles. The molecule has 0 saturated heterocycles. The maximum absolute atomic E-state index is 10.9. The average molecular weight is 221 g/mol. The molecule has 7 heteroatoms. The van der Waals surface area contributed by atoms with Gasteiger partial charge in [-0.05, 0) is 6.08 Å². The molecule has 2 rings (SSSR count). The fraction of sp³-hybridized carbons (Fsp3) is 0.111. The highest BCUT2D eigenvalue weighted by Gasteiger charge is 2.22. The van der Waals surface area contributed by atoms with Gasteiger partial charge in [0, 0.05) is 11.8 Å². The molecule has 2 heterocycles. The number of nitrogens with zero attached hydrogens (tertiary/aromatic N) is 3. The fourth-order valence-electron chi connectivity index (χ4n) is 1.42. The van der Waals surface area contributed by atoms with E-state index >= 15 is 0 Å². The lowest BCUT2D eigenvalue weighted by Gasteiger charge is -2.20. The number of hydrogen-bond donors (Lipinski definition) is 2. The molecule has 1 aliphatic rings. The molecule has 7 nitrogen and oxygen atoms in total. The number of aromatic nitrogens is 2. The van der Waals surface area contributed by atoms with Crippen molar-refractivity contribution in [3.8, 4) is 0 Å². The van der Waals surface area contributed by atoms with Crippen LogP contribution in [-0.2, 0) is 6.54 Å². The Balaban J connectivity index is 2.48. The standard InChI is InChI=1S/C9H7N3O4/c13-8(14)7-5-3-12(9(15)16)2-1-6(5)10-4-11-7/h1-2,4H,3H2,(H,13,14)(H,15,16). The van der Waals surface area contributed by atoms with Gasteiger partial charge < -0.3 is 10.2 Å². The molecule has 0 radical (unpaired) electrons. The van der Waals surface area contributed by atoms with Crippen LogP contribution in [0.15, 0.2) is 12.5 Å². The molecule has 0 aliphatic carbocycles. The zero-order valence-corrected chi connectivity index (χ0v) is 7.99. The van der Waals surface area contributed by atoms with Gasteiger partial charge in [0.2, 0.25) is 0 Å². The van der Waals surface area contributed by atoms with Crippen LogP contribution in [0, 0.1) is 0 Å². The highest BCUT2D eigenvalue weighted by Crippen LogP contribution is 2.19. The Hall–Kier alpha value is -2.44. The summed E-state index contributed by atoms with van der Waals surface area (Å²) >= 11 is 0. The van der Waals surface area contributed by atoms with E-state index in [2.05, 4.69) is 9.97 Å². The van der Waals surface area contributed by atoms with E-state index in [1.165, 1.54) is 12.3 Å². The van der Waals surface area contributed by atoms with E-state index in [9.17, 15) is 9.59 Å². The predicted molar refractivity (Wildman–Crippen MR) is 51.6 cm³/mol. The molecular formula is C9H7N3O4. The second kappa shape index (κ2) is 3.61. The summed E-state index contributed by atoms with van der Waals surface area (Å²) in [4.78, 5) is 30.1.